The van der Waals surface area contributed by atoms with Crippen LogP contribution in [0.1, 0.15) is 13.3 Å². The highest BCUT2D eigenvalue weighted by Crippen LogP contribution is 2.44. The van der Waals surface area contributed by atoms with E-state index < -0.39 is 0 Å². The first-order chi connectivity index (χ1) is 6.09. The van der Waals surface area contributed by atoms with Crippen molar-refractivity contribution in [1.29, 1.82) is 0 Å². The fourth-order valence-corrected chi connectivity index (χ4v) is 3.68. The van der Waals surface area contributed by atoms with Gasteiger partial charge in [-0.05, 0) is 7.05 Å². The molecule has 2 heterocycles. The second-order valence-corrected chi connectivity index (χ2v) is 5.90. The van der Waals surface area contributed by atoms with Gasteiger partial charge in [-0.2, -0.15) is 0 Å². The van der Waals surface area contributed by atoms with E-state index in [4.69, 9.17) is 0 Å². The zero-order valence-electron chi connectivity index (χ0n) is 7.66. The third-order valence-corrected chi connectivity index (χ3v) is 5.09. The van der Waals surface area contributed by atoms with Crippen molar-refractivity contribution in [2.75, 3.05) is 13.7 Å². The monoisotopic (exact) mass is 263 g/mol. The fourth-order valence-electron chi connectivity index (χ4n) is 1.68. The Hall–Kier alpha value is 0.130. The topological polar surface area (TPSA) is 23.3 Å². The van der Waals surface area contributed by atoms with Gasteiger partial charge in [0.1, 0.15) is 4.95 Å². The molecule has 2 aliphatic rings. The van der Waals surface area contributed by atoms with Crippen molar-refractivity contribution >= 4 is 27.7 Å². The molecule has 0 aromatic rings. The molecule has 0 amide bonds. The zero-order chi connectivity index (χ0) is 9.59. The van der Waals surface area contributed by atoms with Gasteiger partial charge in [0.25, 0.3) is 6.67 Å². The number of alkyl halides is 1. The van der Waals surface area contributed by atoms with Crippen molar-refractivity contribution in [1.82, 2.24) is 4.90 Å². The zero-order valence-corrected chi connectivity index (χ0v) is 10.1. The normalized spacial score (nSPS) is 35.5. The van der Waals surface area contributed by atoms with Crippen LogP contribution in [0, 0.1) is 4.91 Å². The number of allylic oxidation sites excluding steroid dienone is 1. The smallest absolute Gasteiger partial charge is 0.230 e. The van der Waals surface area contributed by atoms with Gasteiger partial charge >= 0.3 is 0 Å². The van der Waals surface area contributed by atoms with E-state index in [1.165, 1.54) is 4.91 Å². The van der Waals surface area contributed by atoms with Crippen LogP contribution in [0.2, 0.25) is 0 Å². The van der Waals surface area contributed by atoms with E-state index >= 15 is 0 Å². The largest absolute Gasteiger partial charge is 0.254 e. The highest BCUT2D eigenvalue weighted by molar-refractivity contribution is 9.09. The average Bonchev–Trinajstić information content (AvgIpc) is 2.44. The number of hydrogen-bond donors (Lipinski definition) is 0. The Balaban J connectivity index is 2.33. The molecule has 0 spiro atoms. The molecule has 0 saturated heterocycles. The molecule has 2 atom stereocenters. The minimum absolute atomic E-state index is 0.239. The molecule has 0 fully saturated rings. The van der Waals surface area contributed by atoms with Crippen LogP contribution in [0.25, 0.3) is 0 Å². The molecule has 2 rings (SSSR count). The SMILES string of the molecule is CC1CC2=C(S1)C(Br)N(C)C[N+]2=O. The van der Waals surface area contributed by atoms with Gasteiger partial charge < -0.3 is 0 Å². The van der Waals surface area contributed by atoms with Gasteiger partial charge in [0, 0.05) is 21.3 Å². The summed E-state index contributed by atoms with van der Waals surface area (Å²) in [4.78, 5) is 15.0. The Bertz CT molecular complexity index is 292. The van der Waals surface area contributed by atoms with Gasteiger partial charge in [0.05, 0.1) is 4.91 Å². The van der Waals surface area contributed by atoms with Gasteiger partial charge in [0.15, 0.2) is 0 Å². The number of thioether (sulfide) groups is 1. The number of nitroso groups, excluding NO2 is 1. The van der Waals surface area contributed by atoms with E-state index in [1.807, 2.05) is 23.7 Å². The van der Waals surface area contributed by atoms with E-state index in [-0.39, 0.29) is 4.95 Å². The second-order valence-electron chi connectivity index (χ2n) is 3.56. The summed E-state index contributed by atoms with van der Waals surface area (Å²) in [5.74, 6) is 0. The second kappa shape index (κ2) is 3.37. The Morgan fingerprint density at radius 2 is 2.38 bits per heavy atom. The Kier molecular flexibility index (Phi) is 2.51. The van der Waals surface area contributed by atoms with Gasteiger partial charge in [0.2, 0.25) is 5.70 Å². The predicted octanol–water partition coefficient (Wildman–Crippen LogP) is 2.13. The highest BCUT2D eigenvalue weighted by atomic mass is 79.9. The summed E-state index contributed by atoms with van der Waals surface area (Å²) in [6, 6.07) is 0. The van der Waals surface area contributed by atoms with Crippen molar-refractivity contribution < 1.29 is 4.76 Å². The summed E-state index contributed by atoms with van der Waals surface area (Å²) >= 11 is 5.41. The van der Waals surface area contributed by atoms with Crippen LogP contribution in [0.15, 0.2) is 10.6 Å². The molecule has 0 bridgehead atoms. The molecule has 2 aliphatic heterocycles. The quantitative estimate of drug-likeness (QED) is 0.380. The van der Waals surface area contributed by atoms with Gasteiger partial charge in [-0.3, -0.25) is 0 Å². The molecule has 2 unspecified atom stereocenters. The van der Waals surface area contributed by atoms with Crippen molar-refractivity contribution in [2.24, 2.45) is 0 Å². The van der Waals surface area contributed by atoms with Crippen LogP contribution in [0.3, 0.4) is 0 Å². The molecule has 0 aliphatic carbocycles. The Labute approximate surface area is 90.2 Å². The molecular weight excluding hydrogens is 252 g/mol. The fraction of sp³-hybridized carbons (Fsp3) is 0.750. The molecule has 0 radical (unpaired) electrons. The lowest BCUT2D eigenvalue weighted by atomic mass is 10.2. The predicted molar refractivity (Wildman–Crippen MR) is 57.7 cm³/mol. The Morgan fingerprint density at radius 1 is 1.69 bits per heavy atom. The number of likely N-dealkylation sites (N-methyl/N-ethyl adjacent to an activating group) is 1. The van der Waals surface area contributed by atoms with Crippen molar-refractivity contribution in [3.05, 3.63) is 15.5 Å². The number of nitrogens with zero attached hydrogens (tertiary/aromatic N) is 2. The molecule has 72 valence electrons. The minimum Gasteiger partial charge on any atom is -0.230 e. The lowest BCUT2D eigenvalue weighted by Crippen LogP contribution is -2.38. The summed E-state index contributed by atoms with van der Waals surface area (Å²) in [6.07, 6.45) is 0.916. The van der Waals surface area contributed by atoms with E-state index in [0.717, 1.165) is 16.9 Å². The number of halogens is 1. The molecule has 0 aromatic heterocycles. The third-order valence-electron chi connectivity index (χ3n) is 2.35. The van der Waals surface area contributed by atoms with E-state index in [1.54, 1.807) is 0 Å². The van der Waals surface area contributed by atoms with Crippen LogP contribution in [-0.2, 0) is 0 Å². The van der Waals surface area contributed by atoms with E-state index in [2.05, 4.69) is 22.9 Å². The van der Waals surface area contributed by atoms with Crippen LogP contribution in [-0.4, -0.2) is 33.6 Å². The van der Waals surface area contributed by atoms with Crippen molar-refractivity contribution in [3.63, 3.8) is 0 Å². The maximum absolute atomic E-state index is 11.6. The first-order valence-corrected chi connectivity index (χ1v) is 6.08. The number of hydrogen-bond acceptors (Lipinski definition) is 3. The number of rotatable bonds is 0. The van der Waals surface area contributed by atoms with E-state index in [0.29, 0.717) is 11.9 Å². The highest BCUT2D eigenvalue weighted by Gasteiger charge is 2.42. The van der Waals surface area contributed by atoms with Crippen LogP contribution >= 0.6 is 27.7 Å². The van der Waals surface area contributed by atoms with Gasteiger partial charge in [-0.1, -0.05) is 22.9 Å². The molecule has 0 aromatic carbocycles. The standard InChI is InChI=1S/C8H12BrN2OS/c1-5-3-6-7(13-5)8(9)10(2)4-11(6)12/h5,8H,3-4H2,1-2H3/q+1. The minimum atomic E-state index is 0.239. The van der Waals surface area contributed by atoms with Crippen LogP contribution < -0.4 is 0 Å². The summed E-state index contributed by atoms with van der Waals surface area (Å²) in [5, 5.41) is 0.549. The lowest BCUT2D eigenvalue weighted by molar-refractivity contribution is -0.528. The molecule has 3 nitrogen and oxygen atoms in total. The third kappa shape index (κ3) is 1.57. The summed E-state index contributed by atoms with van der Waals surface area (Å²) in [5.41, 5.74) is 0.984. The van der Waals surface area contributed by atoms with Crippen LogP contribution in [0.4, 0.5) is 0 Å². The first kappa shape index (κ1) is 9.68. The molecular formula is C8H12BrN2OS+. The Morgan fingerprint density at radius 3 is 3.08 bits per heavy atom. The van der Waals surface area contributed by atoms with Gasteiger partial charge in [-0.25, -0.2) is 4.90 Å². The molecule has 0 saturated carbocycles. The lowest BCUT2D eigenvalue weighted by Gasteiger charge is -2.22. The van der Waals surface area contributed by atoms with E-state index in [9.17, 15) is 4.91 Å². The average molecular weight is 264 g/mol. The maximum atomic E-state index is 11.6. The van der Waals surface area contributed by atoms with Crippen molar-refractivity contribution in [3.8, 4) is 0 Å². The summed E-state index contributed by atoms with van der Waals surface area (Å²) in [7, 11) is 1.96. The van der Waals surface area contributed by atoms with Gasteiger partial charge in [-0.15, -0.1) is 11.8 Å². The summed E-state index contributed by atoms with van der Waals surface area (Å²) in [6.45, 7) is 2.64. The first-order valence-electron chi connectivity index (χ1n) is 4.28. The summed E-state index contributed by atoms with van der Waals surface area (Å²) < 4.78 is 1.11. The van der Waals surface area contributed by atoms with Crippen molar-refractivity contribution in [2.45, 2.75) is 23.5 Å². The maximum Gasteiger partial charge on any atom is 0.254 e. The molecule has 5 heteroatoms. The van der Waals surface area contributed by atoms with Crippen LogP contribution in [0.5, 0.6) is 0 Å². The molecule has 13 heavy (non-hydrogen) atoms. The molecule has 0 N–H and O–H groups in total.